The number of aliphatic hydroxyl groups excluding tert-OH is 2. The number of fused-ring (bicyclic) bond motifs is 4. The van der Waals surface area contributed by atoms with Gasteiger partial charge in [-0.1, -0.05) is 31.1 Å². The van der Waals surface area contributed by atoms with E-state index < -0.39 is 0 Å². The van der Waals surface area contributed by atoms with Crippen LogP contribution in [0.5, 0.6) is 0 Å². The molecule has 2 unspecified atom stereocenters. The van der Waals surface area contributed by atoms with Crippen LogP contribution in [0.4, 0.5) is 0 Å². The van der Waals surface area contributed by atoms with Gasteiger partial charge in [0, 0.05) is 10.8 Å². The summed E-state index contributed by atoms with van der Waals surface area (Å²) in [6.45, 7) is 4.66. The molecule has 5 atom stereocenters. The molecule has 0 radical (unpaired) electrons. The van der Waals surface area contributed by atoms with Gasteiger partial charge >= 0.3 is 0 Å². The number of hydrogen-bond donors (Lipinski definition) is 2. The summed E-state index contributed by atoms with van der Waals surface area (Å²) in [5, 5.41) is 21.3. The third-order valence-electron chi connectivity index (χ3n) is 7.34. The fraction of sp³-hybridized carbons (Fsp3) is 0.789. The molecule has 0 amide bonds. The van der Waals surface area contributed by atoms with E-state index in [2.05, 4.69) is 19.9 Å². The Morgan fingerprint density at radius 3 is 2.76 bits per heavy atom. The van der Waals surface area contributed by atoms with E-state index in [9.17, 15) is 10.2 Å². The first-order valence-corrected chi connectivity index (χ1v) is 8.76. The highest BCUT2D eigenvalue weighted by molar-refractivity contribution is 5.44. The van der Waals surface area contributed by atoms with Crippen molar-refractivity contribution in [1.29, 1.82) is 0 Å². The molecule has 1 saturated carbocycles. The van der Waals surface area contributed by atoms with Crippen LogP contribution < -0.4 is 0 Å². The van der Waals surface area contributed by atoms with Crippen LogP contribution in [0, 0.1) is 16.7 Å². The molecule has 0 aromatic heterocycles. The van der Waals surface area contributed by atoms with Crippen molar-refractivity contribution in [1.82, 2.24) is 0 Å². The first kappa shape index (κ1) is 14.0. The Morgan fingerprint density at radius 2 is 1.95 bits per heavy atom. The van der Waals surface area contributed by atoms with Crippen LogP contribution >= 0.6 is 0 Å². The minimum absolute atomic E-state index is 0.00601. The van der Waals surface area contributed by atoms with E-state index >= 15 is 0 Å². The number of rotatable bonds is 0. The summed E-state index contributed by atoms with van der Waals surface area (Å²) in [7, 11) is 0. The van der Waals surface area contributed by atoms with Crippen molar-refractivity contribution in [2.24, 2.45) is 16.7 Å². The number of hydrogen-bond acceptors (Lipinski definition) is 2. The standard InChI is InChI=1S/C19H28O2/c1-18-9-4-3-5-12(18)11-15(20)17-13-6-7-16(21)19(13,2)10-8-14(17)18/h5,13,15-16,20-21H,3-4,6-11H2,1-2H3/t13-,15?,16?,18-,19-/m0/s1. The van der Waals surface area contributed by atoms with Gasteiger partial charge in [-0.15, -0.1) is 0 Å². The quantitative estimate of drug-likeness (QED) is 0.667. The summed E-state index contributed by atoms with van der Waals surface area (Å²) >= 11 is 0. The lowest BCUT2D eigenvalue weighted by Crippen LogP contribution is -2.45. The van der Waals surface area contributed by atoms with Crippen molar-refractivity contribution in [2.75, 3.05) is 0 Å². The number of allylic oxidation sites excluding steroid dienone is 2. The second kappa shape index (κ2) is 4.45. The summed E-state index contributed by atoms with van der Waals surface area (Å²) in [5.41, 5.74) is 4.58. The van der Waals surface area contributed by atoms with Gasteiger partial charge in [-0.05, 0) is 62.9 Å². The van der Waals surface area contributed by atoms with E-state index in [0.29, 0.717) is 5.92 Å². The lowest BCUT2D eigenvalue weighted by Gasteiger charge is -2.52. The van der Waals surface area contributed by atoms with E-state index in [4.69, 9.17) is 0 Å². The van der Waals surface area contributed by atoms with Gasteiger partial charge in [0.15, 0.2) is 0 Å². The molecule has 0 aliphatic heterocycles. The first-order chi connectivity index (χ1) is 9.97. The molecular weight excluding hydrogens is 260 g/mol. The molecule has 116 valence electrons. The van der Waals surface area contributed by atoms with E-state index in [1.54, 1.807) is 5.57 Å². The van der Waals surface area contributed by atoms with Gasteiger partial charge in [0.25, 0.3) is 0 Å². The van der Waals surface area contributed by atoms with E-state index in [0.717, 1.165) is 32.1 Å². The third kappa shape index (κ3) is 1.72. The van der Waals surface area contributed by atoms with Crippen molar-refractivity contribution in [3.63, 3.8) is 0 Å². The first-order valence-electron chi connectivity index (χ1n) is 8.76. The minimum atomic E-state index is -0.299. The van der Waals surface area contributed by atoms with Crippen LogP contribution in [-0.2, 0) is 0 Å². The Kier molecular flexibility index (Phi) is 2.97. The average molecular weight is 288 g/mol. The van der Waals surface area contributed by atoms with Gasteiger partial charge in [0.05, 0.1) is 12.2 Å². The Morgan fingerprint density at radius 1 is 1.14 bits per heavy atom. The highest BCUT2D eigenvalue weighted by Gasteiger charge is 2.55. The molecule has 0 spiro atoms. The van der Waals surface area contributed by atoms with Crippen LogP contribution in [0.25, 0.3) is 0 Å². The molecule has 2 nitrogen and oxygen atoms in total. The Bertz CT molecular complexity index is 532. The van der Waals surface area contributed by atoms with Crippen molar-refractivity contribution in [3.05, 3.63) is 22.8 Å². The highest BCUT2D eigenvalue weighted by atomic mass is 16.3. The molecule has 0 heterocycles. The van der Waals surface area contributed by atoms with E-state index in [1.165, 1.54) is 30.4 Å². The highest BCUT2D eigenvalue weighted by Crippen LogP contribution is 2.62. The van der Waals surface area contributed by atoms with Gasteiger partial charge in [0.1, 0.15) is 0 Å². The molecular formula is C19H28O2. The third-order valence-corrected chi connectivity index (χ3v) is 7.34. The molecule has 2 N–H and O–H groups in total. The van der Waals surface area contributed by atoms with Crippen LogP contribution in [0.3, 0.4) is 0 Å². The Hall–Kier alpha value is -0.600. The summed E-state index contributed by atoms with van der Waals surface area (Å²) in [4.78, 5) is 0. The molecule has 1 fully saturated rings. The molecule has 0 aromatic rings. The second-order valence-electron chi connectivity index (χ2n) is 8.26. The molecule has 2 heteroatoms. The minimum Gasteiger partial charge on any atom is -0.393 e. The summed E-state index contributed by atoms with van der Waals surface area (Å²) in [6.07, 6.45) is 10.6. The van der Waals surface area contributed by atoms with Gasteiger partial charge in [-0.25, -0.2) is 0 Å². The maximum absolute atomic E-state index is 10.8. The largest absolute Gasteiger partial charge is 0.393 e. The fourth-order valence-electron chi connectivity index (χ4n) is 5.93. The van der Waals surface area contributed by atoms with Gasteiger partial charge in [-0.2, -0.15) is 0 Å². The molecule has 4 aliphatic carbocycles. The van der Waals surface area contributed by atoms with Crippen LogP contribution in [0.2, 0.25) is 0 Å². The predicted octanol–water partition coefficient (Wildman–Crippen LogP) is 3.74. The summed E-state index contributed by atoms with van der Waals surface area (Å²) < 4.78 is 0. The van der Waals surface area contributed by atoms with Crippen molar-refractivity contribution >= 4 is 0 Å². The molecule has 4 aliphatic rings. The van der Waals surface area contributed by atoms with E-state index in [-0.39, 0.29) is 23.0 Å². The Balaban J connectivity index is 1.85. The van der Waals surface area contributed by atoms with E-state index in [1.807, 2.05) is 0 Å². The summed E-state index contributed by atoms with van der Waals surface area (Å²) in [5.74, 6) is 0.409. The smallest absolute Gasteiger partial charge is 0.0793 e. The predicted molar refractivity (Wildman–Crippen MR) is 83.8 cm³/mol. The molecule has 0 saturated heterocycles. The zero-order valence-corrected chi connectivity index (χ0v) is 13.4. The van der Waals surface area contributed by atoms with Crippen molar-refractivity contribution in [2.45, 2.75) is 77.4 Å². The second-order valence-corrected chi connectivity index (χ2v) is 8.26. The maximum atomic E-state index is 10.8. The van der Waals surface area contributed by atoms with Crippen LogP contribution in [-0.4, -0.2) is 22.4 Å². The lowest BCUT2D eigenvalue weighted by molar-refractivity contribution is 0.0220. The lowest BCUT2D eigenvalue weighted by atomic mass is 9.54. The molecule has 4 rings (SSSR count). The van der Waals surface area contributed by atoms with Gasteiger partial charge in [0.2, 0.25) is 0 Å². The van der Waals surface area contributed by atoms with Crippen molar-refractivity contribution < 1.29 is 10.2 Å². The SMILES string of the molecule is C[C@]12CCCC=C1CC(O)C1=C2CC[C@]2(C)C(O)CC[C@@H]12. The monoisotopic (exact) mass is 288 g/mol. The van der Waals surface area contributed by atoms with Crippen molar-refractivity contribution in [3.8, 4) is 0 Å². The molecule has 0 bridgehead atoms. The zero-order chi connectivity index (χ0) is 14.8. The maximum Gasteiger partial charge on any atom is 0.0793 e. The zero-order valence-electron chi connectivity index (χ0n) is 13.4. The molecule has 21 heavy (non-hydrogen) atoms. The number of aliphatic hydroxyl groups is 2. The normalized spacial score (nSPS) is 49.3. The summed E-state index contributed by atoms with van der Waals surface area (Å²) in [6, 6.07) is 0. The topological polar surface area (TPSA) is 40.5 Å². The van der Waals surface area contributed by atoms with Gasteiger partial charge in [-0.3, -0.25) is 0 Å². The molecule has 0 aromatic carbocycles. The van der Waals surface area contributed by atoms with Crippen LogP contribution in [0.15, 0.2) is 22.8 Å². The Labute approximate surface area is 127 Å². The van der Waals surface area contributed by atoms with Crippen LogP contribution in [0.1, 0.15) is 65.2 Å². The van der Waals surface area contributed by atoms with Gasteiger partial charge < -0.3 is 10.2 Å². The fourth-order valence-corrected chi connectivity index (χ4v) is 5.93. The average Bonchev–Trinajstić information content (AvgIpc) is 2.76.